The van der Waals surface area contributed by atoms with Gasteiger partial charge >= 0.3 is 5.69 Å². The molecule has 1 amide bonds. The molecule has 3 aromatic rings. The summed E-state index contributed by atoms with van der Waals surface area (Å²) in [4.78, 5) is 49.2. The summed E-state index contributed by atoms with van der Waals surface area (Å²) >= 11 is 0. The molecule has 0 saturated heterocycles. The Hall–Kier alpha value is -3.29. The van der Waals surface area contributed by atoms with E-state index < -0.39 is 11.2 Å². The number of hydrogen-bond acceptors (Lipinski definition) is 5. The zero-order valence-electron chi connectivity index (χ0n) is 16.4. The van der Waals surface area contributed by atoms with E-state index >= 15 is 0 Å². The topological polar surface area (TPSA) is 110 Å². The van der Waals surface area contributed by atoms with Crippen LogP contribution in [0.3, 0.4) is 0 Å². The average Bonchev–Trinajstić information content (AvgIpc) is 3.54. The highest BCUT2D eigenvalue weighted by Gasteiger charge is 2.28. The maximum absolute atomic E-state index is 13.0. The molecule has 4 rings (SSSR count). The number of rotatable bonds is 6. The SMILES string of the molecule is CC(C)Cn1c(=O)[nH]c(=O)c2c(C(=O)NCc3ccccn3)cc(C3CC3)nc21. The molecule has 8 heteroatoms. The maximum atomic E-state index is 13.0. The third-order valence-electron chi connectivity index (χ3n) is 4.91. The van der Waals surface area contributed by atoms with Crippen molar-refractivity contribution in [2.24, 2.45) is 5.92 Å². The number of pyridine rings is 2. The summed E-state index contributed by atoms with van der Waals surface area (Å²) in [5.74, 6) is 0.0587. The summed E-state index contributed by atoms with van der Waals surface area (Å²) in [6.45, 7) is 4.61. The van der Waals surface area contributed by atoms with Crippen LogP contribution in [0, 0.1) is 5.92 Å². The number of nitrogens with one attached hydrogen (secondary N) is 2. The van der Waals surface area contributed by atoms with Crippen LogP contribution in [0.2, 0.25) is 0 Å². The number of carbonyl (C=O) groups excluding carboxylic acids is 1. The van der Waals surface area contributed by atoms with Gasteiger partial charge in [-0.15, -0.1) is 0 Å². The van der Waals surface area contributed by atoms with Crippen molar-refractivity contribution >= 4 is 16.9 Å². The van der Waals surface area contributed by atoms with Gasteiger partial charge in [-0.25, -0.2) is 9.78 Å². The normalized spacial score (nSPS) is 13.8. The van der Waals surface area contributed by atoms with Gasteiger partial charge in [-0.3, -0.25) is 24.1 Å². The van der Waals surface area contributed by atoms with Gasteiger partial charge in [0.2, 0.25) is 0 Å². The molecule has 150 valence electrons. The second-order valence-electron chi connectivity index (χ2n) is 7.84. The van der Waals surface area contributed by atoms with E-state index in [4.69, 9.17) is 0 Å². The fourth-order valence-electron chi connectivity index (χ4n) is 3.36. The fourth-order valence-corrected chi connectivity index (χ4v) is 3.36. The lowest BCUT2D eigenvalue weighted by Crippen LogP contribution is -2.34. The van der Waals surface area contributed by atoms with Crippen LogP contribution in [-0.2, 0) is 13.1 Å². The largest absolute Gasteiger partial charge is 0.346 e. The lowest BCUT2D eigenvalue weighted by Gasteiger charge is -2.14. The molecule has 1 fully saturated rings. The second-order valence-corrected chi connectivity index (χ2v) is 7.84. The molecule has 29 heavy (non-hydrogen) atoms. The van der Waals surface area contributed by atoms with Gasteiger partial charge in [-0.05, 0) is 37.0 Å². The summed E-state index contributed by atoms with van der Waals surface area (Å²) in [7, 11) is 0. The van der Waals surface area contributed by atoms with Gasteiger partial charge in [0.25, 0.3) is 11.5 Å². The first-order valence-electron chi connectivity index (χ1n) is 9.80. The van der Waals surface area contributed by atoms with E-state index in [9.17, 15) is 14.4 Å². The van der Waals surface area contributed by atoms with Crippen molar-refractivity contribution in [3.05, 3.63) is 68.3 Å². The molecule has 3 aromatic heterocycles. The zero-order valence-corrected chi connectivity index (χ0v) is 16.4. The van der Waals surface area contributed by atoms with Crippen molar-refractivity contribution in [3.8, 4) is 0 Å². The molecule has 0 aromatic carbocycles. The van der Waals surface area contributed by atoms with Crippen LogP contribution in [0.25, 0.3) is 11.0 Å². The van der Waals surface area contributed by atoms with Crippen LogP contribution in [0.5, 0.6) is 0 Å². The smallest absolute Gasteiger partial charge is 0.330 e. The Morgan fingerprint density at radius 1 is 1.31 bits per heavy atom. The van der Waals surface area contributed by atoms with Crippen molar-refractivity contribution in [3.63, 3.8) is 0 Å². The number of fused-ring (bicyclic) bond motifs is 1. The standard InChI is InChI=1S/C21H23N5O3/c1-12(2)11-26-18-17(20(28)25-21(26)29)15(9-16(24-18)13-6-7-13)19(27)23-10-14-5-3-4-8-22-14/h3-5,8-9,12-13H,6-7,10-11H2,1-2H3,(H,23,27)(H,25,28,29). The highest BCUT2D eigenvalue weighted by atomic mass is 16.2. The zero-order chi connectivity index (χ0) is 20.5. The Labute approximate surface area is 167 Å². The fraction of sp³-hybridized carbons (Fsp3) is 0.381. The summed E-state index contributed by atoms with van der Waals surface area (Å²) in [5, 5.41) is 2.97. The highest BCUT2D eigenvalue weighted by molar-refractivity contribution is 6.05. The Kier molecular flexibility index (Phi) is 5.00. The third kappa shape index (κ3) is 3.96. The van der Waals surface area contributed by atoms with E-state index in [1.54, 1.807) is 18.3 Å². The number of aromatic nitrogens is 4. The summed E-state index contributed by atoms with van der Waals surface area (Å²) < 4.78 is 1.46. The molecular formula is C21H23N5O3. The molecule has 0 spiro atoms. The van der Waals surface area contributed by atoms with E-state index in [-0.39, 0.29) is 40.9 Å². The molecule has 1 aliphatic rings. The molecule has 0 aliphatic heterocycles. The summed E-state index contributed by atoms with van der Waals surface area (Å²) in [6, 6.07) is 7.15. The van der Waals surface area contributed by atoms with Crippen LogP contribution < -0.4 is 16.6 Å². The molecule has 0 radical (unpaired) electrons. The molecule has 0 bridgehead atoms. The number of aromatic amines is 1. The lowest BCUT2D eigenvalue weighted by atomic mass is 10.1. The highest BCUT2D eigenvalue weighted by Crippen LogP contribution is 2.39. The molecule has 1 saturated carbocycles. The minimum atomic E-state index is -0.595. The number of hydrogen-bond donors (Lipinski definition) is 2. The van der Waals surface area contributed by atoms with Gasteiger partial charge in [0.15, 0.2) is 5.65 Å². The number of nitrogens with zero attached hydrogens (tertiary/aromatic N) is 3. The Bertz CT molecular complexity index is 1180. The van der Waals surface area contributed by atoms with Crippen molar-refractivity contribution in [2.75, 3.05) is 0 Å². The maximum Gasteiger partial charge on any atom is 0.330 e. The monoisotopic (exact) mass is 393 g/mol. The molecule has 8 nitrogen and oxygen atoms in total. The number of carbonyl (C=O) groups is 1. The molecule has 0 atom stereocenters. The third-order valence-corrected chi connectivity index (χ3v) is 4.91. The van der Waals surface area contributed by atoms with E-state index in [2.05, 4.69) is 20.3 Å². The molecule has 2 N–H and O–H groups in total. The van der Waals surface area contributed by atoms with E-state index in [1.807, 2.05) is 26.0 Å². The lowest BCUT2D eigenvalue weighted by molar-refractivity contribution is 0.0951. The van der Waals surface area contributed by atoms with E-state index in [0.717, 1.165) is 18.5 Å². The molecular weight excluding hydrogens is 370 g/mol. The molecule has 1 aliphatic carbocycles. The van der Waals surface area contributed by atoms with Gasteiger partial charge in [-0.1, -0.05) is 19.9 Å². The first-order chi connectivity index (χ1) is 13.9. The van der Waals surface area contributed by atoms with Crippen LogP contribution in [0.15, 0.2) is 40.1 Å². The summed E-state index contributed by atoms with van der Waals surface area (Å²) in [6.07, 6.45) is 3.64. The van der Waals surface area contributed by atoms with Gasteiger partial charge in [0.1, 0.15) is 0 Å². The van der Waals surface area contributed by atoms with Gasteiger partial charge in [-0.2, -0.15) is 0 Å². The van der Waals surface area contributed by atoms with Crippen LogP contribution in [-0.4, -0.2) is 25.4 Å². The second kappa shape index (κ2) is 7.62. The van der Waals surface area contributed by atoms with Crippen molar-refractivity contribution in [1.29, 1.82) is 0 Å². The quantitative estimate of drug-likeness (QED) is 0.665. The molecule has 3 heterocycles. The summed E-state index contributed by atoms with van der Waals surface area (Å²) in [5.41, 5.74) is 0.890. The Balaban J connectivity index is 1.82. The molecule has 0 unspecified atom stereocenters. The Morgan fingerprint density at radius 3 is 2.76 bits per heavy atom. The van der Waals surface area contributed by atoms with Gasteiger partial charge in [0.05, 0.1) is 23.2 Å². The minimum absolute atomic E-state index is 0.146. The first kappa shape index (κ1) is 19.0. The Morgan fingerprint density at radius 2 is 2.10 bits per heavy atom. The van der Waals surface area contributed by atoms with Gasteiger partial charge in [0, 0.05) is 24.4 Å². The van der Waals surface area contributed by atoms with Crippen molar-refractivity contribution < 1.29 is 4.79 Å². The van der Waals surface area contributed by atoms with Crippen LogP contribution in [0.4, 0.5) is 0 Å². The van der Waals surface area contributed by atoms with Gasteiger partial charge < -0.3 is 5.32 Å². The average molecular weight is 393 g/mol. The van der Waals surface area contributed by atoms with E-state index in [0.29, 0.717) is 12.2 Å². The predicted molar refractivity (Wildman–Crippen MR) is 109 cm³/mol. The first-order valence-corrected chi connectivity index (χ1v) is 9.80. The van der Waals surface area contributed by atoms with E-state index in [1.165, 1.54) is 4.57 Å². The van der Waals surface area contributed by atoms with Crippen molar-refractivity contribution in [1.82, 2.24) is 24.8 Å². The number of amides is 1. The van der Waals surface area contributed by atoms with Crippen LogP contribution >= 0.6 is 0 Å². The minimum Gasteiger partial charge on any atom is -0.346 e. The predicted octanol–water partition coefficient (Wildman–Crippen LogP) is 1.94. The van der Waals surface area contributed by atoms with Crippen molar-refractivity contribution in [2.45, 2.75) is 45.7 Å². The number of H-pyrrole nitrogens is 1. The van der Waals surface area contributed by atoms with Crippen LogP contribution in [0.1, 0.15) is 54.4 Å².